The second-order valence-corrected chi connectivity index (χ2v) is 9.17. The minimum atomic E-state index is -0.655. The number of H-pyrrole nitrogens is 1. The Labute approximate surface area is 208 Å². The molecule has 2 heterocycles. The smallest absolute Gasteiger partial charge is 0.254 e. The molecule has 0 unspecified atom stereocenters. The Morgan fingerprint density at radius 1 is 1.09 bits per heavy atom. The zero-order chi connectivity index (χ0) is 24.5. The van der Waals surface area contributed by atoms with Crippen LogP contribution in [-0.4, -0.2) is 42.0 Å². The molecule has 0 aliphatic carbocycles. The van der Waals surface area contributed by atoms with Crippen molar-refractivity contribution >= 4 is 40.0 Å². The van der Waals surface area contributed by atoms with E-state index < -0.39 is 12.0 Å². The van der Waals surface area contributed by atoms with E-state index in [1.807, 2.05) is 67.7 Å². The summed E-state index contributed by atoms with van der Waals surface area (Å²) in [5.74, 6) is -1.00. The molecule has 35 heavy (non-hydrogen) atoms. The number of anilines is 1. The minimum Gasteiger partial charge on any atom is -0.383 e. The van der Waals surface area contributed by atoms with E-state index in [1.54, 1.807) is 24.1 Å². The molecule has 6 nitrogen and oxygen atoms in total. The molecule has 5 rings (SSSR count). The van der Waals surface area contributed by atoms with Gasteiger partial charge in [-0.2, -0.15) is 0 Å². The first-order valence-corrected chi connectivity index (χ1v) is 11.9. The molecule has 0 radical (unpaired) electrons. The van der Waals surface area contributed by atoms with E-state index >= 15 is 0 Å². The highest BCUT2D eigenvalue weighted by molar-refractivity contribution is 6.33. The fourth-order valence-electron chi connectivity index (χ4n) is 4.93. The summed E-state index contributed by atoms with van der Waals surface area (Å²) in [7, 11) is 1.60. The summed E-state index contributed by atoms with van der Waals surface area (Å²) in [5, 5.41) is 4.47. The number of amides is 2. The second kappa shape index (κ2) is 9.56. The molecule has 0 saturated carbocycles. The van der Waals surface area contributed by atoms with E-state index in [4.69, 9.17) is 16.3 Å². The molecule has 0 bridgehead atoms. The van der Waals surface area contributed by atoms with Gasteiger partial charge in [0.1, 0.15) is 0 Å². The number of carbonyl (C=O) groups excluding carboxylic acids is 2. The van der Waals surface area contributed by atoms with Crippen LogP contribution in [0.15, 0.2) is 72.9 Å². The highest BCUT2D eigenvalue weighted by Crippen LogP contribution is 2.45. The average Bonchev–Trinajstić information content (AvgIpc) is 3.29. The third-order valence-electron chi connectivity index (χ3n) is 6.58. The van der Waals surface area contributed by atoms with Gasteiger partial charge in [0.05, 0.1) is 29.3 Å². The Hall–Kier alpha value is -3.61. The number of methoxy groups -OCH3 is 1. The summed E-state index contributed by atoms with van der Waals surface area (Å²) in [6.07, 6.45) is 1.90. The first kappa shape index (κ1) is 23.1. The van der Waals surface area contributed by atoms with Crippen LogP contribution in [0.3, 0.4) is 0 Å². The fraction of sp³-hybridized carbons (Fsp3) is 0.214. The van der Waals surface area contributed by atoms with Gasteiger partial charge in [0.2, 0.25) is 5.91 Å². The van der Waals surface area contributed by atoms with Crippen molar-refractivity contribution in [1.82, 2.24) is 9.88 Å². The lowest BCUT2D eigenvalue weighted by atomic mass is 9.79. The molecule has 2 amide bonds. The molecule has 3 aromatic carbocycles. The lowest BCUT2D eigenvalue weighted by Gasteiger charge is -2.41. The number of aromatic nitrogens is 1. The molecule has 178 valence electrons. The molecule has 1 aliphatic rings. The second-order valence-electron chi connectivity index (χ2n) is 8.76. The van der Waals surface area contributed by atoms with Gasteiger partial charge in [-0.15, -0.1) is 0 Å². The number of carbonyl (C=O) groups is 2. The van der Waals surface area contributed by atoms with Crippen LogP contribution in [0.4, 0.5) is 5.69 Å². The molecule has 0 saturated heterocycles. The average molecular weight is 488 g/mol. The topological polar surface area (TPSA) is 74.4 Å². The van der Waals surface area contributed by atoms with Gasteiger partial charge >= 0.3 is 0 Å². The molecular formula is C28H26ClN3O3. The normalized spacial score (nSPS) is 17.5. The van der Waals surface area contributed by atoms with Crippen molar-refractivity contribution in [3.63, 3.8) is 0 Å². The van der Waals surface area contributed by atoms with E-state index in [2.05, 4.69) is 10.3 Å². The number of aromatic amines is 1. The molecule has 2 N–H and O–H groups in total. The maximum Gasteiger partial charge on any atom is 0.254 e. The summed E-state index contributed by atoms with van der Waals surface area (Å²) in [4.78, 5) is 32.7. The zero-order valence-corrected chi connectivity index (χ0v) is 20.3. The van der Waals surface area contributed by atoms with Gasteiger partial charge in [0.15, 0.2) is 0 Å². The van der Waals surface area contributed by atoms with Gasteiger partial charge in [-0.3, -0.25) is 9.59 Å². The number of para-hydroxylation sites is 1. The van der Waals surface area contributed by atoms with Gasteiger partial charge in [-0.1, -0.05) is 54.1 Å². The quantitative estimate of drug-likeness (QED) is 0.366. The predicted octanol–water partition coefficient (Wildman–Crippen LogP) is 5.70. The predicted molar refractivity (Wildman–Crippen MR) is 138 cm³/mol. The number of ether oxygens (including phenoxy) is 1. The van der Waals surface area contributed by atoms with E-state index in [0.29, 0.717) is 35.0 Å². The van der Waals surface area contributed by atoms with Crippen LogP contribution in [-0.2, 0) is 9.53 Å². The summed E-state index contributed by atoms with van der Waals surface area (Å²) in [5.41, 5.74) is 4.59. The van der Waals surface area contributed by atoms with Crippen LogP contribution < -0.4 is 5.32 Å². The molecular weight excluding hydrogens is 462 g/mol. The third-order valence-corrected chi connectivity index (χ3v) is 6.89. The number of aryl methyl sites for hydroxylation is 1. The van der Waals surface area contributed by atoms with Crippen LogP contribution in [0.2, 0.25) is 5.02 Å². The Balaban J connectivity index is 1.67. The largest absolute Gasteiger partial charge is 0.383 e. The van der Waals surface area contributed by atoms with Gasteiger partial charge in [-0.25, -0.2) is 0 Å². The number of halogens is 1. The fourth-order valence-corrected chi connectivity index (χ4v) is 5.21. The van der Waals surface area contributed by atoms with E-state index in [9.17, 15) is 9.59 Å². The van der Waals surface area contributed by atoms with Crippen molar-refractivity contribution < 1.29 is 14.3 Å². The van der Waals surface area contributed by atoms with Crippen molar-refractivity contribution in [2.24, 2.45) is 0 Å². The Kier molecular flexibility index (Phi) is 6.32. The number of fused-ring (bicyclic) bond motifs is 2. The van der Waals surface area contributed by atoms with Crippen molar-refractivity contribution in [3.05, 3.63) is 100 Å². The van der Waals surface area contributed by atoms with Gasteiger partial charge < -0.3 is 19.9 Å². The molecule has 2 atom stereocenters. The number of rotatable bonds is 6. The highest BCUT2D eigenvalue weighted by Gasteiger charge is 2.44. The van der Waals surface area contributed by atoms with Crippen LogP contribution in [0.1, 0.15) is 39.0 Å². The Morgan fingerprint density at radius 3 is 2.66 bits per heavy atom. The SMILES string of the molecule is COCCN1C(=O)c2ccccc2[C@@H](C(=O)Nc2ccc(C)cc2Cl)[C@H]1c1c[nH]c2ccccc12. The third kappa shape index (κ3) is 4.20. The number of nitrogens with one attached hydrogen (secondary N) is 2. The number of hydrogen-bond donors (Lipinski definition) is 2. The highest BCUT2D eigenvalue weighted by atomic mass is 35.5. The summed E-state index contributed by atoms with van der Waals surface area (Å²) >= 11 is 6.45. The molecule has 1 aliphatic heterocycles. The Morgan fingerprint density at radius 2 is 1.86 bits per heavy atom. The summed E-state index contributed by atoms with van der Waals surface area (Å²) in [6.45, 7) is 2.65. The van der Waals surface area contributed by atoms with Crippen LogP contribution in [0, 0.1) is 6.92 Å². The monoisotopic (exact) mass is 487 g/mol. The van der Waals surface area contributed by atoms with E-state index in [1.165, 1.54) is 0 Å². The number of nitrogens with zero attached hydrogens (tertiary/aromatic N) is 1. The summed E-state index contributed by atoms with van der Waals surface area (Å²) < 4.78 is 5.33. The summed E-state index contributed by atoms with van der Waals surface area (Å²) in [6, 6.07) is 20.2. The van der Waals surface area contributed by atoms with Gasteiger partial charge in [0.25, 0.3) is 5.91 Å². The van der Waals surface area contributed by atoms with E-state index in [0.717, 1.165) is 22.0 Å². The van der Waals surface area contributed by atoms with Gasteiger partial charge in [0, 0.05) is 41.9 Å². The zero-order valence-electron chi connectivity index (χ0n) is 19.5. The first-order valence-electron chi connectivity index (χ1n) is 11.5. The standard InChI is InChI=1S/C28H26ClN3O3/c1-17-11-12-24(22(29)15-17)31-27(33)25-19-8-3-4-9-20(19)28(34)32(13-14-35-2)26(25)21-16-30-23-10-6-5-7-18(21)23/h3-12,15-16,25-26,30H,13-14H2,1-2H3,(H,31,33)/t25-,26-/m1/s1. The van der Waals surface area contributed by atoms with Crippen LogP contribution in [0.5, 0.6) is 0 Å². The molecule has 1 aromatic heterocycles. The van der Waals surface area contributed by atoms with Crippen molar-refractivity contribution in [2.75, 3.05) is 25.6 Å². The molecule has 7 heteroatoms. The van der Waals surface area contributed by atoms with E-state index in [-0.39, 0.29) is 11.8 Å². The number of hydrogen-bond acceptors (Lipinski definition) is 3. The minimum absolute atomic E-state index is 0.120. The van der Waals surface area contributed by atoms with Gasteiger partial charge in [-0.05, 0) is 42.3 Å². The van der Waals surface area contributed by atoms with Crippen molar-refractivity contribution in [1.29, 1.82) is 0 Å². The van der Waals surface area contributed by atoms with Crippen molar-refractivity contribution in [2.45, 2.75) is 18.9 Å². The molecule has 0 spiro atoms. The number of benzene rings is 3. The molecule has 4 aromatic rings. The van der Waals surface area contributed by atoms with Crippen LogP contribution >= 0.6 is 11.6 Å². The molecule has 0 fully saturated rings. The maximum atomic E-state index is 14.0. The lowest BCUT2D eigenvalue weighted by Crippen LogP contribution is -2.47. The van der Waals surface area contributed by atoms with Crippen molar-refractivity contribution in [3.8, 4) is 0 Å². The van der Waals surface area contributed by atoms with Crippen LogP contribution in [0.25, 0.3) is 10.9 Å². The Bertz CT molecular complexity index is 1410. The maximum absolute atomic E-state index is 14.0. The lowest BCUT2D eigenvalue weighted by molar-refractivity contribution is -0.119. The first-order chi connectivity index (χ1) is 17.0.